The summed E-state index contributed by atoms with van der Waals surface area (Å²) in [6.07, 6.45) is 0. The molecule has 1 aromatic heterocycles. The molecule has 0 radical (unpaired) electrons. The fourth-order valence-electron chi connectivity index (χ4n) is 4.17. The van der Waals surface area contributed by atoms with Crippen LogP contribution in [0.25, 0.3) is 0 Å². The summed E-state index contributed by atoms with van der Waals surface area (Å²) in [6, 6.07) is 21.8. The van der Waals surface area contributed by atoms with Crippen molar-refractivity contribution in [3.8, 4) is 5.75 Å². The predicted octanol–water partition coefficient (Wildman–Crippen LogP) is 6.81. The van der Waals surface area contributed by atoms with Crippen LogP contribution in [0.5, 0.6) is 5.75 Å². The monoisotopic (exact) mass is 551 g/mol. The van der Waals surface area contributed by atoms with Crippen LogP contribution in [0.2, 0.25) is 10.0 Å². The maximum atomic E-state index is 13.7. The predicted molar refractivity (Wildman–Crippen MR) is 149 cm³/mol. The highest BCUT2D eigenvalue weighted by Crippen LogP contribution is 2.40. The molecule has 5 rings (SSSR count). The van der Waals surface area contributed by atoms with Gasteiger partial charge in [0.1, 0.15) is 11.8 Å². The Morgan fingerprint density at radius 1 is 1.05 bits per heavy atom. The first-order valence-corrected chi connectivity index (χ1v) is 13.2. The minimum absolute atomic E-state index is 0.300. The third-order valence-corrected chi connectivity index (χ3v) is 7.55. The summed E-state index contributed by atoms with van der Waals surface area (Å²) in [5.41, 5.74) is 3.42. The van der Waals surface area contributed by atoms with Crippen molar-refractivity contribution in [3.05, 3.63) is 105 Å². The molecule has 1 amide bonds. The molecule has 1 aliphatic heterocycles. The first-order chi connectivity index (χ1) is 18.0. The van der Waals surface area contributed by atoms with Crippen molar-refractivity contribution in [1.29, 1.82) is 0 Å². The van der Waals surface area contributed by atoms with E-state index in [0.717, 1.165) is 11.1 Å². The number of methoxy groups -OCH3 is 1. The Kier molecular flexibility index (Phi) is 7.41. The third kappa shape index (κ3) is 5.18. The van der Waals surface area contributed by atoms with E-state index in [2.05, 4.69) is 15.6 Å². The summed E-state index contributed by atoms with van der Waals surface area (Å²) in [5, 5.41) is 12.8. The fourth-order valence-corrected chi connectivity index (χ4v) is 5.52. The van der Waals surface area contributed by atoms with Crippen LogP contribution in [-0.4, -0.2) is 27.8 Å². The van der Waals surface area contributed by atoms with E-state index < -0.39 is 6.04 Å². The van der Waals surface area contributed by atoms with Gasteiger partial charge in [0.2, 0.25) is 11.1 Å². The van der Waals surface area contributed by atoms with E-state index in [-0.39, 0.29) is 5.91 Å². The minimum atomic E-state index is -0.596. The number of nitrogens with zero attached hydrogens (tertiary/aromatic N) is 3. The van der Waals surface area contributed by atoms with Gasteiger partial charge in [-0.1, -0.05) is 83.5 Å². The molecule has 1 unspecified atom stereocenters. The second-order valence-corrected chi connectivity index (χ2v) is 10.0. The van der Waals surface area contributed by atoms with Crippen LogP contribution >= 0.6 is 35.0 Å². The van der Waals surface area contributed by atoms with E-state index in [9.17, 15) is 4.79 Å². The number of ether oxygens (including phenoxy) is 1. The van der Waals surface area contributed by atoms with Gasteiger partial charge in [-0.3, -0.25) is 4.79 Å². The van der Waals surface area contributed by atoms with Gasteiger partial charge in [-0.2, -0.15) is 4.98 Å². The number of hydrogen-bond donors (Lipinski definition) is 2. The summed E-state index contributed by atoms with van der Waals surface area (Å²) < 4.78 is 7.12. The number of allylic oxidation sites excluding steroid dienone is 1. The second-order valence-electron chi connectivity index (χ2n) is 8.28. The van der Waals surface area contributed by atoms with Crippen LogP contribution in [0.1, 0.15) is 24.1 Å². The van der Waals surface area contributed by atoms with Gasteiger partial charge in [-0.25, -0.2) is 4.68 Å². The molecule has 4 aromatic rings. The number of anilines is 2. The van der Waals surface area contributed by atoms with Gasteiger partial charge < -0.3 is 15.4 Å². The van der Waals surface area contributed by atoms with Crippen molar-refractivity contribution in [2.45, 2.75) is 23.9 Å². The second kappa shape index (κ2) is 10.9. The number of thioether (sulfide) groups is 1. The largest absolute Gasteiger partial charge is 0.495 e. The van der Waals surface area contributed by atoms with E-state index in [1.54, 1.807) is 30.0 Å². The Hall–Kier alpha value is -3.46. The molecule has 7 nitrogen and oxygen atoms in total. The van der Waals surface area contributed by atoms with Crippen molar-refractivity contribution in [2.75, 3.05) is 17.7 Å². The SMILES string of the molecule is COc1ccccc1NC(=O)C1=C(C)Nc2nc(SCc3ccccc3Cl)nn2C1c1ccccc1Cl. The lowest BCUT2D eigenvalue weighted by Crippen LogP contribution is -2.31. The topological polar surface area (TPSA) is 81.1 Å². The molecule has 0 fully saturated rings. The van der Waals surface area contributed by atoms with Gasteiger partial charge >= 0.3 is 0 Å². The molecule has 2 N–H and O–H groups in total. The van der Waals surface area contributed by atoms with Crippen molar-refractivity contribution in [2.24, 2.45) is 0 Å². The van der Waals surface area contributed by atoms with Crippen LogP contribution in [-0.2, 0) is 10.5 Å². The van der Waals surface area contributed by atoms with Crippen LogP contribution < -0.4 is 15.4 Å². The van der Waals surface area contributed by atoms with Gasteiger partial charge in [-0.15, -0.1) is 5.10 Å². The lowest BCUT2D eigenvalue weighted by Gasteiger charge is -2.29. The van der Waals surface area contributed by atoms with E-state index in [0.29, 0.717) is 49.6 Å². The maximum absolute atomic E-state index is 13.7. The zero-order valence-corrected chi connectivity index (χ0v) is 22.4. The normalized spacial score (nSPS) is 14.6. The molecular weight excluding hydrogens is 529 g/mol. The van der Waals surface area contributed by atoms with Crippen LogP contribution in [0.15, 0.2) is 89.2 Å². The molecule has 0 bridgehead atoms. The van der Waals surface area contributed by atoms with Gasteiger partial charge in [0.25, 0.3) is 5.91 Å². The third-order valence-electron chi connectivity index (χ3n) is 5.95. The van der Waals surface area contributed by atoms with E-state index in [4.69, 9.17) is 33.0 Å². The summed E-state index contributed by atoms with van der Waals surface area (Å²) in [4.78, 5) is 18.4. The fraction of sp³-hybridized carbons (Fsp3) is 0.148. The number of rotatable bonds is 7. The summed E-state index contributed by atoms with van der Waals surface area (Å²) in [5.74, 6) is 1.39. The molecule has 0 saturated carbocycles. The number of carbonyl (C=O) groups is 1. The van der Waals surface area contributed by atoms with Gasteiger partial charge in [0, 0.05) is 27.1 Å². The molecule has 0 aliphatic carbocycles. The molecular formula is C27H23Cl2N5O2S. The number of nitrogens with one attached hydrogen (secondary N) is 2. The summed E-state index contributed by atoms with van der Waals surface area (Å²) >= 11 is 14.4. The number of halogens is 2. The van der Waals surface area contributed by atoms with E-state index in [1.807, 2.05) is 61.5 Å². The lowest BCUT2D eigenvalue weighted by molar-refractivity contribution is -0.113. The lowest BCUT2D eigenvalue weighted by atomic mass is 9.95. The molecule has 0 saturated heterocycles. The van der Waals surface area contributed by atoms with E-state index in [1.165, 1.54) is 11.8 Å². The molecule has 2 heterocycles. The number of fused-ring (bicyclic) bond motifs is 1. The minimum Gasteiger partial charge on any atom is -0.495 e. The zero-order chi connectivity index (χ0) is 25.9. The van der Waals surface area contributed by atoms with E-state index >= 15 is 0 Å². The summed E-state index contributed by atoms with van der Waals surface area (Å²) in [6.45, 7) is 1.84. The van der Waals surface area contributed by atoms with Crippen molar-refractivity contribution >= 4 is 52.5 Å². The molecule has 1 atom stereocenters. The van der Waals surface area contributed by atoms with Crippen molar-refractivity contribution in [3.63, 3.8) is 0 Å². The zero-order valence-electron chi connectivity index (χ0n) is 20.0. The van der Waals surface area contributed by atoms with Gasteiger partial charge in [0.05, 0.1) is 18.4 Å². The Morgan fingerprint density at radius 3 is 2.51 bits per heavy atom. The number of amides is 1. The molecule has 10 heteroatoms. The van der Waals surface area contributed by atoms with Crippen LogP contribution in [0.4, 0.5) is 11.6 Å². The van der Waals surface area contributed by atoms with Gasteiger partial charge in [-0.05, 0) is 36.8 Å². The quantitative estimate of drug-likeness (QED) is 0.245. The average Bonchev–Trinajstić information content (AvgIpc) is 3.30. The Morgan fingerprint density at radius 2 is 1.76 bits per heavy atom. The Balaban J connectivity index is 1.51. The first kappa shape index (κ1) is 25.2. The van der Waals surface area contributed by atoms with Crippen molar-refractivity contribution in [1.82, 2.24) is 14.8 Å². The molecule has 37 heavy (non-hydrogen) atoms. The van der Waals surface area contributed by atoms with Crippen LogP contribution in [0.3, 0.4) is 0 Å². The number of carbonyl (C=O) groups excluding carboxylic acids is 1. The smallest absolute Gasteiger partial charge is 0.255 e. The Bertz CT molecular complexity index is 1500. The highest BCUT2D eigenvalue weighted by molar-refractivity contribution is 7.98. The van der Waals surface area contributed by atoms with Crippen LogP contribution in [0, 0.1) is 0 Å². The summed E-state index contributed by atoms with van der Waals surface area (Å²) in [7, 11) is 1.56. The molecule has 1 aliphatic rings. The molecule has 3 aromatic carbocycles. The maximum Gasteiger partial charge on any atom is 0.255 e. The van der Waals surface area contributed by atoms with Gasteiger partial charge in [0.15, 0.2) is 0 Å². The molecule has 188 valence electrons. The van der Waals surface area contributed by atoms with Crippen molar-refractivity contribution < 1.29 is 9.53 Å². The first-order valence-electron chi connectivity index (χ1n) is 11.5. The number of hydrogen-bond acceptors (Lipinski definition) is 6. The highest BCUT2D eigenvalue weighted by atomic mass is 35.5. The highest BCUT2D eigenvalue weighted by Gasteiger charge is 2.35. The standard InChI is InChI=1S/C27H23Cl2N5O2S/c1-16-23(25(35)31-21-13-7-8-14-22(21)36-2)24(18-10-4-6-12-20(18)29)34-26(30-16)32-27(33-34)37-15-17-9-3-5-11-19(17)28/h3-14,24H,15H2,1-2H3,(H,31,35)(H,30,32,33). The average molecular weight is 552 g/mol. The Labute approximate surface area is 228 Å². The molecule has 0 spiro atoms. The number of benzene rings is 3. The number of aromatic nitrogens is 3. The number of para-hydroxylation sites is 2.